The minimum absolute atomic E-state index is 0.0541. The molecule has 0 fully saturated rings. The van der Waals surface area contributed by atoms with Crippen molar-refractivity contribution in [3.05, 3.63) is 51.1 Å². The molecule has 2 aromatic rings. The van der Waals surface area contributed by atoms with Crippen molar-refractivity contribution in [1.82, 2.24) is 5.32 Å². The van der Waals surface area contributed by atoms with Crippen molar-refractivity contribution in [3.63, 3.8) is 0 Å². The zero-order valence-electron chi connectivity index (χ0n) is 10.2. The fourth-order valence-corrected chi connectivity index (χ4v) is 2.34. The van der Waals surface area contributed by atoms with Crippen LogP contribution in [0.1, 0.15) is 11.3 Å². The zero-order chi connectivity index (χ0) is 13.8. The highest BCUT2D eigenvalue weighted by atomic mass is 79.9. The number of nitrogens with one attached hydrogen (secondary N) is 1. The van der Waals surface area contributed by atoms with Gasteiger partial charge in [0.05, 0.1) is 22.3 Å². The van der Waals surface area contributed by atoms with E-state index in [2.05, 4.69) is 21.2 Å². The van der Waals surface area contributed by atoms with Crippen molar-refractivity contribution >= 4 is 27.5 Å². The summed E-state index contributed by atoms with van der Waals surface area (Å²) in [5, 5.41) is 3.05. The summed E-state index contributed by atoms with van der Waals surface area (Å²) >= 11 is 8.95. The van der Waals surface area contributed by atoms with E-state index in [4.69, 9.17) is 20.8 Å². The minimum Gasteiger partial charge on any atom is -0.487 e. The first kappa shape index (κ1) is 14.4. The number of rotatable bonds is 5. The number of benzene rings is 1. The first-order chi connectivity index (χ1) is 9.11. The summed E-state index contributed by atoms with van der Waals surface area (Å²) in [6.45, 7) is 0.912. The first-order valence-electron chi connectivity index (χ1n) is 5.59. The molecular formula is C13H12BrClFNO2. The summed E-state index contributed by atoms with van der Waals surface area (Å²) in [5.41, 5.74) is 0.914. The minimum atomic E-state index is -0.512. The SMILES string of the molecule is CNCc1occc1COc1cc(F)c(Cl)cc1Br. The van der Waals surface area contributed by atoms with Crippen LogP contribution in [0, 0.1) is 5.82 Å². The Bertz CT molecular complexity index is 574. The van der Waals surface area contributed by atoms with E-state index in [0.29, 0.717) is 23.4 Å². The van der Waals surface area contributed by atoms with Crippen LogP contribution in [0.15, 0.2) is 33.4 Å². The van der Waals surface area contributed by atoms with Crippen molar-refractivity contribution in [2.75, 3.05) is 7.05 Å². The quantitative estimate of drug-likeness (QED) is 0.825. The van der Waals surface area contributed by atoms with Gasteiger partial charge in [-0.2, -0.15) is 0 Å². The lowest BCUT2D eigenvalue weighted by Gasteiger charge is -2.09. The van der Waals surface area contributed by atoms with Crippen LogP contribution in [0.5, 0.6) is 5.75 Å². The van der Waals surface area contributed by atoms with Crippen LogP contribution in [-0.4, -0.2) is 7.05 Å². The Hall–Kier alpha value is -1.04. The van der Waals surface area contributed by atoms with Crippen LogP contribution in [0.3, 0.4) is 0 Å². The molecular weight excluding hydrogens is 337 g/mol. The maximum Gasteiger partial charge on any atom is 0.145 e. The van der Waals surface area contributed by atoms with Gasteiger partial charge in [0.25, 0.3) is 0 Å². The number of ether oxygens (including phenoxy) is 1. The Morgan fingerprint density at radius 1 is 1.47 bits per heavy atom. The maximum atomic E-state index is 13.4. The molecule has 0 aliphatic rings. The Morgan fingerprint density at radius 2 is 2.26 bits per heavy atom. The molecule has 0 aliphatic carbocycles. The molecule has 0 amide bonds. The fourth-order valence-electron chi connectivity index (χ4n) is 1.58. The van der Waals surface area contributed by atoms with E-state index < -0.39 is 5.82 Å². The summed E-state index contributed by atoms with van der Waals surface area (Å²) in [7, 11) is 1.83. The molecule has 0 unspecified atom stereocenters. The molecule has 0 spiro atoms. The molecule has 6 heteroatoms. The average Bonchev–Trinajstić information content (AvgIpc) is 2.80. The highest BCUT2D eigenvalue weighted by Crippen LogP contribution is 2.31. The van der Waals surface area contributed by atoms with Gasteiger partial charge in [0.1, 0.15) is 23.9 Å². The molecule has 0 bridgehead atoms. The monoisotopic (exact) mass is 347 g/mol. The molecule has 2 rings (SSSR count). The Kier molecular flexibility index (Phi) is 4.85. The van der Waals surface area contributed by atoms with Crippen LogP contribution >= 0.6 is 27.5 Å². The molecule has 3 nitrogen and oxygen atoms in total. The van der Waals surface area contributed by atoms with Crippen LogP contribution < -0.4 is 10.1 Å². The topological polar surface area (TPSA) is 34.4 Å². The third-order valence-corrected chi connectivity index (χ3v) is 3.44. The van der Waals surface area contributed by atoms with E-state index in [1.54, 1.807) is 6.26 Å². The highest BCUT2D eigenvalue weighted by Gasteiger charge is 2.10. The molecule has 0 radical (unpaired) electrons. The summed E-state index contributed by atoms with van der Waals surface area (Å²) in [4.78, 5) is 0. The Morgan fingerprint density at radius 3 is 3.00 bits per heavy atom. The predicted molar refractivity (Wildman–Crippen MR) is 74.9 cm³/mol. The van der Waals surface area contributed by atoms with Gasteiger partial charge in [-0.15, -0.1) is 0 Å². The third kappa shape index (κ3) is 3.49. The Balaban J connectivity index is 2.10. The van der Waals surface area contributed by atoms with Gasteiger partial charge >= 0.3 is 0 Å². The van der Waals surface area contributed by atoms with E-state index in [-0.39, 0.29) is 5.02 Å². The number of hydrogen-bond donors (Lipinski definition) is 1. The number of hydrogen-bond acceptors (Lipinski definition) is 3. The smallest absolute Gasteiger partial charge is 0.145 e. The van der Waals surface area contributed by atoms with Crippen LogP contribution in [0.25, 0.3) is 0 Å². The molecule has 0 aliphatic heterocycles. The van der Waals surface area contributed by atoms with Gasteiger partial charge < -0.3 is 14.5 Å². The normalized spacial score (nSPS) is 10.7. The van der Waals surface area contributed by atoms with Crippen LogP contribution in [0.2, 0.25) is 5.02 Å². The van der Waals surface area contributed by atoms with Crippen molar-refractivity contribution in [2.45, 2.75) is 13.2 Å². The summed E-state index contributed by atoms with van der Waals surface area (Å²) in [6.07, 6.45) is 1.60. The highest BCUT2D eigenvalue weighted by molar-refractivity contribution is 9.10. The first-order valence-corrected chi connectivity index (χ1v) is 6.76. The Labute approximate surface area is 123 Å². The lowest BCUT2D eigenvalue weighted by Crippen LogP contribution is -2.07. The molecule has 1 heterocycles. The van der Waals surface area contributed by atoms with E-state index in [1.165, 1.54) is 12.1 Å². The van der Waals surface area contributed by atoms with Gasteiger partial charge in [0, 0.05) is 11.6 Å². The fraction of sp³-hybridized carbons (Fsp3) is 0.231. The zero-order valence-corrected chi connectivity index (χ0v) is 12.5. The molecule has 1 N–H and O–H groups in total. The summed E-state index contributed by atoms with van der Waals surface area (Å²) in [5.74, 6) is 0.689. The molecule has 1 aromatic heterocycles. The second-order valence-electron chi connectivity index (χ2n) is 3.88. The lowest BCUT2D eigenvalue weighted by atomic mass is 10.2. The maximum absolute atomic E-state index is 13.4. The molecule has 0 saturated carbocycles. The predicted octanol–water partition coefficient (Wildman–Crippen LogP) is 4.13. The van der Waals surface area contributed by atoms with Crippen LogP contribution in [0.4, 0.5) is 4.39 Å². The molecule has 0 atom stereocenters. The van der Waals surface area contributed by atoms with E-state index >= 15 is 0 Å². The third-order valence-electron chi connectivity index (χ3n) is 2.53. The molecule has 19 heavy (non-hydrogen) atoms. The number of halogens is 3. The van der Waals surface area contributed by atoms with E-state index in [1.807, 2.05) is 13.1 Å². The molecule has 102 valence electrons. The van der Waals surface area contributed by atoms with Crippen molar-refractivity contribution in [3.8, 4) is 5.75 Å². The second kappa shape index (κ2) is 6.41. The van der Waals surface area contributed by atoms with Crippen molar-refractivity contribution in [1.29, 1.82) is 0 Å². The van der Waals surface area contributed by atoms with E-state index in [9.17, 15) is 4.39 Å². The van der Waals surface area contributed by atoms with Gasteiger partial charge in [-0.25, -0.2) is 4.39 Å². The summed E-state index contributed by atoms with van der Waals surface area (Å²) in [6, 6.07) is 4.55. The van der Waals surface area contributed by atoms with Crippen molar-refractivity contribution < 1.29 is 13.5 Å². The van der Waals surface area contributed by atoms with E-state index in [0.717, 1.165) is 11.3 Å². The average molecular weight is 349 g/mol. The van der Waals surface area contributed by atoms with Crippen molar-refractivity contribution in [2.24, 2.45) is 0 Å². The number of furan rings is 1. The van der Waals surface area contributed by atoms with Crippen LogP contribution in [-0.2, 0) is 13.2 Å². The largest absolute Gasteiger partial charge is 0.487 e. The van der Waals surface area contributed by atoms with Gasteiger partial charge in [-0.3, -0.25) is 0 Å². The van der Waals surface area contributed by atoms with Gasteiger partial charge in [0.2, 0.25) is 0 Å². The standard InChI is InChI=1S/C13H12BrClFNO2/c1-17-6-13-8(2-3-18-13)7-19-12-5-11(16)10(15)4-9(12)14/h2-5,17H,6-7H2,1H3. The summed E-state index contributed by atoms with van der Waals surface area (Å²) < 4.78 is 24.9. The van der Waals surface area contributed by atoms with Gasteiger partial charge in [0.15, 0.2) is 0 Å². The molecule has 1 aromatic carbocycles. The second-order valence-corrected chi connectivity index (χ2v) is 5.15. The van der Waals surface area contributed by atoms with Gasteiger partial charge in [-0.05, 0) is 35.1 Å². The van der Waals surface area contributed by atoms with Gasteiger partial charge in [-0.1, -0.05) is 11.6 Å². The lowest BCUT2D eigenvalue weighted by molar-refractivity contribution is 0.298. The molecule has 0 saturated heterocycles.